The van der Waals surface area contributed by atoms with Crippen LogP contribution in [0.15, 0.2) is 48.5 Å². The van der Waals surface area contributed by atoms with Crippen LogP contribution in [0.4, 0.5) is 11.4 Å². The normalized spacial score (nSPS) is 9.90. The highest BCUT2D eigenvalue weighted by atomic mass is 16.2. The van der Waals surface area contributed by atoms with Crippen molar-refractivity contribution in [2.75, 3.05) is 17.2 Å². The Hall–Kier alpha value is -2.80. The van der Waals surface area contributed by atoms with Crippen molar-refractivity contribution in [1.29, 1.82) is 5.26 Å². The van der Waals surface area contributed by atoms with Crippen LogP contribution >= 0.6 is 0 Å². The Bertz CT molecular complexity index is 674. The van der Waals surface area contributed by atoms with Crippen LogP contribution in [0, 0.1) is 18.3 Å². The first-order valence-electron chi connectivity index (χ1n) is 6.73. The topological polar surface area (TPSA) is 70.1 Å². The standard InChI is InChI=1S/C17H17N3O/c1-13-8-9-14(12-16(13)19)17(21)20(11-5-10-18)15-6-3-2-4-7-15/h2-4,6-9,12H,5,11,19H2,1H3. The molecule has 4 nitrogen and oxygen atoms in total. The lowest BCUT2D eigenvalue weighted by Gasteiger charge is -2.22. The molecule has 0 aliphatic heterocycles. The van der Waals surface area contributed by atoms with Crippen molar-refractivity contribution in [2.24, 2.45) is 0 Å². The van der Waals surface area contributed by atoms with E-state index in [0.717, 1.165) is 11.3 Å². The zero-order valence-electron chi connectivity index (χ0n) is 11.9. The molecular weight excluding hydrogens is 262 g/mol. The zero-order chi connectivity index (χ0) is 15.2. The van der Waals surface area contributed by atoms with Gasteiger partial charge in [-0.15, -0.1) is 0 Å². The number of carbonyl (C=O) groups excluding carboxylic acids is 1. The van der Waals surface area contributed by atoms with E-state index in [1.165, 1.54) is 0 Å². The molecule has 21 heavy (non-hydrogen) atoms. The van der Waals surface area contributed by atoms with Gasteiger partial charge in [0.15, 0.2) is 0 Å². The average molecular weight is 279 g/mol. The van der Waals surface area contributed by atoms with E-state index < -0.39 is 0 Å². The number of nitriles is 1. The van der Waals surface area contributed by atoms with Crippen LogP contribution in [0.3, 0.4) is 0 Å². The van der Waals surface area contributed by atoms with Crippen LogP contribution < -0.4 is 10.6 Å². The largest absolute Gasteiger partial charge is 0.398 e. The summed E-state index contributed by atoms with van der Waals surface area (Å²) < 4.78 is 0. The van der Waals surface area contributed by atoms with Gasteiger partial charge >= 0.3 is 0 Å². The van der Waals surface area contributed by atoms with Crippen molar-refractivity contribution in [2.45, 2.75) is 13.3 Å². The van der Waals surface area contributed by atoms with E-state index in [9.17, 15) is 4.79 Å². The highest BCUT2D eigenvalue weighted by Crippen LogP contribution is 2.20. The summed E-state index contributed by atoms with van der Waals surface area (Å²) in [7, 11) is 0. The van der Waals surface area contributed by atoms with Crippen LogP contribution in [0.2, 0.25) is 0 Å². The van der Waals surface area contributed by atoms with Gasteiger partial charge in [0.25, 0.3) is 5.91 Å². The van der Waals surface area contributed by atoms with Crippen LogP contribution in [0.5, 0.6) is 0 Å². The van der Waals surface area contributed by atoms with Crippen molar-refractivity contribution in [3.05, 3.63) is 59.7 Å². The third-order valence-electron chi connectivity index (χ3n) is 3.29. The molecular formula is C17H17N3O. The molecule has 106 valence electrons. The molecule has 0 atom stereocenters. The maximum Gasteiger partial charge on any atom is 0.258 e. The quantitative estimate of drug-likeness (QED) is 0.874. The summed E-state index contributed by atoms with van der Waals surface area (Å²) in [5.74, 6) is -0.150. The van der Waals surface area contributed by atoms with E-state index in [0.29, 0.717) is 17.8 Å². The molecule has 0 saturated heterocycles. The number of anilines is 2. The fourth-order valence-corrected chi connectivity index (χ4v) is 2.05. The third-order valence-corrected chi connectivity index (χ3v) is 3.29. The van der Waals surface area contributed by atoms with Gasteiger partial charge in [0, 0.05) is 23.5 Å². The van der Waals surface area contributed by atoms with E-state index in [-0.39, 0.29) is 12.3 Å². The van der Waals surface area contributed by atoms with Gasteiger partial charge in [0.1, 0.15) is 0 Å². The number of carbonyl (C=O) groups is 1. The predicted molar refractivity (Wildman–Crippen MR) is 83.9 cm³/mol. The van der Waals surface area contributed by atoms with Crippen molar-refractivity contribution >= 4 is 17.3 Å². The van der Waals surface area contributed by atoms with Gasteiger partial charge in [-0.3, -0.25) is 4.79 Å². The van der Waals surface area contributed by atoms with Crippen LogP contribution in [-0.2, 0) is 0 Å². The molecule has 0 heterocycles. The van der Waals surface area contributed by atoms with Gasteiger partial charge in [-0.1, -0.05) is 24.3 Å². The fourth-order valence-electron chi connectivity index (χ4n) is 2.05. The van der Waals surface area contributed by atoms with E-state index in [4.69, 9.17) is 11.0 Å². The van der Waals surface area contributed by atoms with Crippen molar-refractivity contribution < 1.29 is 4.79 Å². The van der Waals surface area contributed by atoms with Crippen LogP contribution in [-0.4, -0.2) is 12.5 Å². The minimum absolute atomic E-state index is 0.150. The Morgan fingerprint density at radius 3 is 2.57 bits per heavy atom. The van der Waals surface area contributed by atoms with Gasteiger partial charge in [-0.2, -0.15) is 5.26 Å². The SMILES string of the molecule is Cc1ccc(C(=O)N(CCC#N)c2ccccc2)cc1N. The number of amides is 1. The number of para-hydroxylation sites is 1. The third kappa shape index (κ3) is 3.40. The molecule has 4 heteroatoms. The Balaban J connectivity index is 2.34. The second-order valence-electron chi connectivity index (χ2n) is 4.77. The van der Waals surface area contributed by atoms with Gasteiger partial charge in [-0.25, -0.2) is 0 Å². The van der Waals surface area contributed by atoms with Crippen LogP contribution in [0.25, 0.3) is 0 Å². The second-order valence-corrected chi connectivity index (χ2v) is 4.77. The molecule has 0 radical (unpaired) electrons. The number of hydrogen-bond acceptors (Lipinski definition) is 3. The molecule has 0 spiro atoms. The number of nitrogen functional groups attached to an aromatic ring is 1. The predicted octanol–water partition coefficient (Wildman–Crippen LogP) is 3.14. The molecule has 0 bridgehead atoms. The summed E-state index contributed by atoms with van der Waals surface area (Å²) in [6, 6.07) is 16.7. The van der Waals surface area contributed by atoms with Gasteiger partial charge in [0.05, 0.1) is 12.5 Å². The van der Waals surface area contributed by atoms with Gasteiger partial charge in [0.2, 0.25) is 0 Å². The molecule has 2 rings (SSSR count). The highest BCUT2D eigenvalue weighted by Gasteiger charge is 2.17. The van der Waals surface area contributed by atoms with Crippen LogP contribution in [0.1, 0.15) is 22.3 Å². The molecule has 0 saturated carbocycles. The molecule has 1 amide bonds. The highest BCUT2D eigenvalue weighted by molar-refractivity contribution is 6.06. The molecule has 0 fully saturated rings. The summed E-state index contributed by atoms with van der Waals surface area (Å²) in [6.07, 6.45) is 0.280. The first kappa shape index (κ1) is 14.6. The number of nitrogens with zero attached hydrogens (tertiary/aromatic N) is 2. The number of aryl methyl sites for hydroxylation is 1. The number of benzene rings is 2. The van der Waals surface area contributed by atoms with Crippen molar-refractivity contribution in [1.82, 2.24) is 0 Å². The molecule has 2 N–H and O–H groups in total. The second kappa shape index (κ2) is 6.58. The molecule has 0 aliphatic carbocycles. The number of rotatable bonds is 4. The average Bonchev–Trinajstić information content (AvgIpc) is 2.51. The first-order chi connectivity index (χ1) is 10.1. The monoisotopic (exact) mass is 279 g/mol. The lowest BCUT2D eigenvalue weighted by molar-refractivity contribution is 0.0987. The Labute approximate surface area is 124 Å². The van der Waals surface area contributed by atoms with Gasteiger partial charge in [-0.05, 0) is 36.8 Å². The minimum Gasteiger partial charge on any atom is -0.398 e. The maximum atomic E-state index is 12.7. The molecule has 0 aliphatic rings. The summed E-state index contributed by atoms with van der Waals surface area (Å²) in [6.45, 7) is 2.25. The molecule has 0 unspecified atom stereocenters. The lowest BCUT2D eigenvalue weighted by Crippen LogP contribution is -2.31. The van der Waals surface area contributed by atoms with E-state index in [1.807, 2.05) is 43.3 Å². The van der Waals surface area contributed by atoms with Crippen molar-refractivity contribution in [3.8, 4) is 6.07 Å². The fraction of sp³-hybridized carbons (Fsp3) is 0.176. The molecule has 2 aromatic rings. The van der Waals surface area contributed by atoms with E-state index >= 15 is 0 Å². The molecule has 2 aromatic carbocycles. The molecule has 0 aromatic heterocycles. The van der Waals surface area contributed by atoms with Crippen molar-refractivity contribution in [3.63, 3.8) is 0 Å². The Morgan fingerprint density at radius 1 is 1.24 bits per heavy atom. The smallest absolute Gasteiger partial charge is 0.258 e. The summed E-state index contributed by atoms with van der Waals surface area (Å²) >= 11 is 0. The van der Waals surface area contributed by atoms with Gasteiger partial charge < -0.3 is 10.6 Å². The number of nitrogens with two attached hydrogens (primary N) is 1. The van der Waals surface area contributed by atoms with E-state index in [1.54, 1.807) is 17.0 Å². The first-order valence-corrected chi connectivity index (χ1v) is 6.73. The maximum absolute atomic E-state index is 12.7. The lowest BCUT2D eigenvalue weighted by atomic mass is 10.1. The summed E-state index contributed by atoms with van der Waals surface area (Å²) in [5.41, 5.74) is 8.71. The Kier molecular flexibility index (Phi) is 4.57. The summed E-state index contributed by atoms with van der Waals surface area (Å²) in [5, 5.41) is 8.79. The van der Waals surface area contributed by atoms with E-state index in [2.05, 4.69) is 6.07 Å². The Morgan fingerprint density at radius 2 is 1.95 bits per heavy atom. The summed E-state index contributed by atoms with van der Waals surface area (Å²) in [4.78, 5) is 14.3. The number of hydrogen-bond donors (Lipinski definition) is 1. The zero-order valence-corrected chi connectivity index (χ0v) is 11.9. The minimum atomic E-state index is -0.150.